The quantitative estimate of drug-likeness (QED) is 0.245. The SMILES string of the molecule is CC(=O)O[C@H]1CC=C(C)[C@@H]2[C@@H](OC(C)=O)[C@@]3(O)[C@H](/C=C(/C)[C@H](OC(=O)C[C@H](C)OC(C)=O)C[C@@H](OC(C)=O)[C@@]12C)OC(=O)[C@@H]3C. The number of rotatable bonds is 7. The van der Waals surface area contributed by atoms with Crippen molar-refractivity contribution >= 4 is 35.8 Å². The molecule has 13 heteroatoms. The van der Waals surface area contributed by atoms with Gasteiger partial charge in [0.25, 0.3) is 0 Å². The van der Waals surface area contributed by atoms with E-state index in [1.165, 1.54) is 47.6 Å². The van der Waals surface area contributed by atoms with E-state index < -0.39 is 95.3 Å². The zero-order valence-electron chi connectivity index (χ0n) is 27.2. The van der Waals surface area contributed by atoms with Crippen molar-refractivity contribution < 1.29 is 62.3 Å². The molecule has 0 saturated carbocycles. The van der Waals surface area contributed by atoms with Gasteiger partial charge in [-0.1, -0.05) is 18.6 Å². The highest BCUT2D eigenvalue weighted by molar-refractivity contribution is 5.78. The van der Waals surface area contributed by atoms with Crippen molar-refractivity contribution in [3.05, 3.63) is 23.3 Å². The van der Waals surface area contributed by atoms with Crippen LogP contribution in [0.3, 0.4) is 0 Å². The van der Waals surface area contributed by atoms with Gasteiger partial charge in [0.05, 0.1) is 17.8 Å². The number of carbonyl (C=O) groups excluding carboxylic acids is 6. The fourth-order valence-corrected chi connectivity index (χ4v) is 6.92. The molecule has 3 aliphatic rings. The largest absolute Gasteiger partial charge is 0.462 e. The van der Waals surface area contributed by atoms with Crippen molar-refractivity contribution in [3.63, 3.8) is 0 Å². The lowest BCUT2D eigenvalue weighted by atomic mass is 9.56. The first kappa shape index (κ1) is 35.7. The predicted molar refractivity (Wildman–Crippen MR) is 155 cm³/mol. The number of hydrogen-bond acceptors (Lipinski definition) is 13. The van der Waals surface area contributed by atoms with Crippen LogP contribution in [0.5, 0.6) is 0 Å². The van der Waals surface area contributed by atoms with Crippen LogP contribution in [0.4, 0.5) is 0 Å². The van der Waals surface area contributed by atoms with Gasteiger partial charge in [0.2, 0.25) is 0 Å². The molecule has 250 valence electrons. The second-order valence-corrected chi connectivity index (χ2v) is 12.5. The maximum Gasteiger partial charge on any atom is 0.312 e. The molecule has 2 aliphatic carbocycles. The van der Waals surface area contributed by atoms with Crippen molar-refractivity contribution in [1.29, 1.82) is 0 Å². The second-order valence-electron chi connectivity index (χ2n) is 12.5. The van der Waals surface area contributed by atoms with Crippen LogP contribution >= 0.6 is 0 Å². The highest BCUT2D eigenvalue weighted by Crippen LogP contribution is 2.55. The van der Waals surface area contributed by atoms with Gasteiger partial charge in [-0.05, 0) is 39.3 Å². The molecule has 1 heterocycles. The van der Waals surface area contributed by atoms with Crippen LogP contribution in [0.1, 0.15) is 81.6 Å². The third-order valence-electron chi connectivity index (χ3n) is 9.06. The highest BCUT2D eigenvalue weighted by atomic mass is 16.6. The zero-order chi connectivity index (χ0) is 34.0. The van der Waals surface area contributed by atoms with Gasteiger partial charge in [-0.3, -0.25) is 28.8 Å². The average Bonchev–Trinajstić information content (AvgIpc) is 3.11. The Balaban J connectivity index is 2.32. The first-order valence-corrected chi connectivity index (χ1v) is 15.0. The summed E-state index contributed by atoms with van der Waals surface area (Å²) in [5.41, 5.74) is -2.61. The van der Waals surface area contributed by atoms with Crippen LogP contribution in [0, 0.1) is 17.3 Å². The van der Waals surface area contributed by atoms with Gasteiger partial charge in [-0.25, -0.2) is 0 Å². The summed E-state index contributed by atoms with van der Waals surface area (Å²) < 4.78 is 34.2. The average molecular weight is 637 g/mol. The lowest BCUT2D eigenvalue weighted by Crippen LogP contribution is -2.65. The Bertz CT molecular complexity index is 1280. The van der Waals surface area contributed by atoms with Crippen LogP contribution < -0.4 is 0 Å². The summed E-state index contributed by atoms with van der Waals surface area (Å²) in [6, 6.07) is 0. The molecule has 45 heavy (non-hydrogen) atoms. The number of fused-ring (bicyclic) bond motifs is 2. The van der Waals surface area contributed by atoms with Gasteiger partial charge in [-0.2, -0.15) is 0 Å². The first-order chi connectivity index (χ1) is 20.8. The van der Waals surface area contributed by atoms with Crippen LogP contribution in [0.15, 0.2) is 23.3 Å². The molecule has 0 spiro atoms. The van der Waals surface area contributed by atoms with E-state index in [0.717, 1.165) is 0 Å². The minimum atomic E-state index is -2.15. The summed E-state index contributed by atoms with van der Waals surface area (Å²) in [5, 5.41) is 12.5. The van der Waals surface area contributed by atoms with Crippen LogP contribution in [0.2, 0.25) is 0 Å². The van der Waals surface area contributed by atoms with E-state index in [4.69, 9.17) is 28.4 Å². The maximum atomic E-state index is 13.1. The zero-order valence-corrected chi connectivity index (χ0v) is 27.2. The molecular formula is C32H44O13. The molecule has 0 aromatic rings. The first-order valence-electron chi connectivity index (χ1n) is 15.0. The standard InChI is InChI=1S/C32H44O13/c1-15-10-11-24(41-20(6)34)31(9)25(42-21(7)35)14-23(44-27(37)13-17(3)40-19(5)33)16(2)12-26-32(39,18(4)30(38)45-26)29(28(15)31)43-22(8)36/h10,12,17-18,23-26,28-29,39H,11,13-14H2,1-9H3/b16-12-/t17-,18-,23+,24-,25+,26-,28+,29+,31+,32-/m0/s1. The molecule has 0 unspecified atom stereocenters. The van der Waals surface area contributed by atoms with Gasteiger partial charge in [-0.15, -0.1) is 0 Å². The van der Waals surface area contributed by atoms with Crippen molar-refractivity contribution in [1.82, 2.24) is 0 Å². The smallest absolute Gasteiger partial charge is 0.312 e. The molecular weight excluding hydrogens is 592 g/mol. The van der Waals surface area contributed by atoms with Crippen LogP contribution in [-0.2, 0) is 57.2 Å². The molecule has 13 nitrogen and oxygen atoms in total. The van der Waals surface area contributed by atoms with Crippen LogP contribution in [-0.4, -0.2) is 83.1 Å². The second kappa shape index (κ2) is 13.7. The molecule has 0 bridgehead atoms. The minimum Gasteiger partial charge on any atom is -0.462 e. The molecule has 3 rings (SSSR count). The number of ether oxygens (including phenoxy) is 6. The summed E-state index contributed by atoms with van der Waals surface area (Å²) in [4.78, 5) is 75.2. The van der Waals surface area contributed by atoms with E-state index in [-0.39, 0.29) is 19.3 Å². The summed E-state index contributed by atoms with van der Waals surface area (Å²) in [6.45, 7) is 12.8. The third-order valence-corrected chi connectivity index (χ3v) is 9.06. The minimum absolute atomic E-state index is 0.144. The van der Waals surface area contributed by atoms with E-state index in [1.54, 1.807) is 26.8 Å². The number of carbonyl (C=O) groups is 6. The fourth-order valence-electron chi connectivity index (χ4n) is 6.92. The van der Waals surface area contributed by atoms with E-state index in [0.29, 0.717) is 11.1 Å². The molecule has 1 N–H and O–H groups in total. The molecule has 1 fully saturated rings. The molecule has 0 radical (unpaired) electrons. The Morgan fingerprint density at radius 2 is 1.51 bits per heavy atom. The van der Waals surface area contributed by atoms with E-state index >= 15 is 0 Å². The molecule has 0 aromatic carbocycles. The molecule has 10 atom stereocenters. The molecule has 1 saturated heterocycles. The molecule has 0 amide bonds. The monoisotopic (exact) mass is 636 g/mol. The number of hydrogen-bond donors (Lipinski definition) is 1. The van der Waals surface area contributed by atoms with Crippen molar-refractivity contribution in [2.45, 2.75) is 124 Å². The Labute approximate surface area is 262 Å². The van der Waals surface area contributed by atoms with Gasteiger partial charge in [0.15, 0.2) is 11.7 Å². The molecule has 1 aliphatic heterocycles. The van der Waals surface area contributed by atoms with Gasteiger partial charge >= 0.3 is 35.8 Å². The highest BCUT2D eigenvalue weighted by Gasteiger charge is 2.67. The van der Waals surface area contributed by atoms with E-state index in [1.807, 2.05) is 0 Å². The van der Waals surface area contributed by atoms with E-state index in [9.17, 15) is 33.9 Å². The van der Waals surface area contributed by atoms with Gasteiger partial charge in [0, 0.05) is 46.5 Å². The van der Waals surface area contributed by atoms with Gasteiger partial charge in [0.1, 0.15) is 30.5 Å². The van der Waals surface area contributed by atoms with Crippen molar-refractivity contribution in [2.75, 3.05) is 0 Å². The third kappa shape index (κ3) is 7.40. The molecule has 0 aromatic heterocycles. The Hall–Kier alpha value is -3.74. The number of aliphatic hydroxyl groups is 1. The fraction of sp³-hybridized carbons (Fsp3) is 0.688. The lowest BCUT2D eigenvalue weighted by Gasteiger charge is -2.54. The predicted octanol–water partition coefficient (Wildman–Crippen LogP) is 2.65. The lowest BCUT2D eigenvalue weighted by molar-refractivity contribution is -0.218. The van der Waals surface area contributed by atoms with E-state index in [2.05, 4.69) is 0 Å². The Kier molecular flexibility index (Phi) is 10.9. The maximum absolute atomic E-state index is 13.1. The Morgan fingerprint density at radius 1 is 0.933 bits per heavy atom. The Morgan fingerprint density at radius 3 is 2.07 bits per heavy atom. The summed E-state index contributed by atoms with van der Waals surface area (Å²) in [6.07, 6.45) is -3.82. The summed E-state index contributed by atoms with van der Waals surface area (Å²) in [7, 11) is 0. The number of esters is 6. The van der Waals surface area contributed by atoms with Gasteiger partial charge < -0.3 is 33.5 Å². The summed E-state index contributed by atoms with van der Waals surface area (Å²) >= 11 is 0. The van der Waals surface area contributed by atoms with Crippen LogP contribution in [0.25, 0.3) is 0 Å². The summed E-state index contributed by atoms with van der Waals surface area (Å²) in [5.74, 6) is -6.30. The topological polar surface area (TPSA) is 178 Å². The van der Waals surface area contributed by atoms with Crippen molar-refractivity contribution in [3.8, 4) is 0 Å². The van der Waals surface area contributed by atoms with Crippen molar-refractivity contribution in [2.24, 2.45) is 17.3 Å². The normalized spacial score (nSPS) is 36.3.